The molecule has 0 unspecified atom stereocenters. The second kappa shape index (κ2) is 11.3. The Morgan fingerprint density at radius 1 is 0.800 bits per heavy atom. The van der Waals surface area contributed by atoms with Crippen LogP contribution >= 0.6 is 0 Å². The highest BCUT2D eigenvalue weighted by molar-refractivity contribution is 5.91. The van der Waals surface area contributed by atoms with Crippen molar-refractivity contribution in [3.63, 3.8) is 0 Å². The minimum atomic E-state index is -0.227. The lowest BCUT2D eigenvalue weighted by Crippen LogP contribution is -2.29. The predicted molar refractivity (Wildman–Crippen MR) is 123 cm³/mol. The number of rotatable bonds is 10. The van der Waals surface area contributed by atoms with E-state index >= 15 is 0 Å². The minimum absolute atomic E-state index is 0.0000232. The van der Waals surface area contributed by atoms with Crippen molar-refractivity contribution in [3.8, 4) is 5.75 Å². The summed E-state index contributed by atoms with van der Waals surface area (Å²) in [6.45, 7) is 12.3. The smallest absolute Gasteiger partial charge is 0.233 e. The zero-order chi connectivity index (χ0) is 22.9. The molecule has 0 atom stereocenters. The Bertz CT molecular complexity index is 680. The van der Waals surface area contributed by atoms with Crippen molar-refractivity contribution in [1.82, 2.24) is 5.43 Å². The van der Waals surface area contributed by atoms with Crippen molar-refractivity contribution >= 4 is 17.5 Å². The molecule has 6 nitrogen and oxygen atoms in total. The summed E-state index contributed by atoms with van der Waals surface area (Å²) in [6.07, 6.45) is 6.73. The summed E-state index contributed by atoms with van der Waals surface area (Å²) >= 11 is 0. The topological polar surface area (TPSA) is 104 Å². The Balaban J connectivity index is 2.56. The molecule has 0 radical (unpaired) electrons. The van der Waals surface area contributed by atoms with Crippen LogP contribution in [0.1, 0.15) is 104 Å². The van der Waals surface area contributed by atoms with Gasteiger partial charge in [-0.15, -0.1) is 0 Å². The lowest BCUT2D eigenvalue weighted by atomic mass is 9.79. The van der Waals surface area contributed by atoms with Crippen LogP contribution in [0.2, 0.25) is 0 Å². The monoisotopic (exact) mass is 419 g/mol. The number of carbonyl (C=O) groups is 2. The van der Waals surface area contributed by atoms with Crippen molar-refractivity contribution in [2.45, 2.75) is 104 Å². The summed E-state index contributed by atoms with van der Waals surface area (Å²) < 4.78 is 0. The number of amides is 2. The summed E-state index contributed by atoms with van der Waals surface area (Å²) in [5.41, 5.74) is 4.11. The molecule has 0 aromatic heterocycles. The number of carbonyl (C=O) groups excluding carboxylic acids is 2. The van der Waals surface area contributed by atoms with Gasteiger partial charge in [-0.05, 0) is 35.8 Å². The second-order valence-corrected chi connectivity index (χ2v) is 10.2. The van der Waals surface area contributed by atoms with E-state index in [0.29, 0.717) is 18.6 Å². The molecule has 1 aromatic carbocycles. The van der Waals surface area contributed by atoms with E-state index in [1.54, 1.807) is 0 Å². The van der Waals surface area contributed by atoms with Crippen molar-refractivity contribution in [1.29, 1.82) is 0 Å². The van der Waals surface area contributed by atoms with Crippen LogP contribution < -0.4 is 16.6 Å². The quantitative estimate of drug-likeness (QED) is 0.140. The van der Waals surface area contributed by atoms with Crippen LogP contribution in [0, 0.1) is 0 Å². The normalized spacial score (nSPS) is 12.0. The molecule has 0 heterocycles. The zero-order valence-electron chi connectivity index (χ0n) is 19.7. The molecule has 0 bridgehead atoms. The molecule has 6 heteroatoms. The molecule has 0 aliphatic rings. The van der Waals surface area contributed by atoms with Gasteiger partial charge in [-0.1, -0.05) is 67.2 Å². The van der Waals surface area contributed by atoms with Crippen LogP contribution in [-0.2, 0) is 20.4 Å². The number of hydrazine groups is 1. The first kappa shape index (κ1) is 26.0. The third-order valence-corrected chi connectivity index (χ3v) is 5.23. The number of nitrogens with one attached hydrogen (secondary N) is 2. The van der Waals surface area contributed by atoms with Gasteiger partial charge < -0.3 is 10.4 Å². The number of hydrogen-bond acceptors (Lipinski definition) is 4. The van der Waals surface area contributed by atoms with Crippen LogP contribution in [0.15, 0.2) is 12.1 Å². The van der Waals surface area contributed by atoms with Gasteiger partial charge in [0.2, 0.25) is 11.8 Å². The van der Waals surface area contributed by atoms with Crippen LogP contribution in [0.5, 0.6) is 5.75 Å². The molecule has 170 valence electrons. The van der Waals surface area contributed by atoms with E-state index in [2.05, 4.69) is 52.3 Å². The first-order valence-corrected chi connectivity index (χ1v) is 11.0. The number of benzene rings is 1. The van der Waals surface area contributed by atoms with Gasteiger partial charge in [0.25, 0.3) is 0 Å². The third-order valence-electron chi connectivity index (χ3n) is 5.23. The molecular formula is C24H41N3O3. The Morgan fingerprint density at radius 2 is 1.20 bits per heavy atom. The molecular weight excluding hydrogens is 378 g/mol. The van der Waals surface area contributed by atoms with Crippen molar-refractivity contribution in [2.24, 2.45) is 5.84 Å². The molecule has 1 aromatic rings. The van der Waals surface area contributed by atoms with Crippen molar-refractivity contribution in [3.05, 3.63) is 23.3 Å². The van der Waals surface area contributed by atoms with Gasteiger partial charge in [-0.25, -0.2) is 5.84 Å². The highest BCUT2D eigenvalue weighted by Crippen LogP contribution is 2.41. The molecule has 0 fully saturated rings. The Morgan fingerprint density at radius 3 is 1.60 bits per heavy atom. The van der Waals surface area contributed by atoms with Crippen LogP contribution in [-0.4, -0.2) is 16.9 Å². The Hall–Kier alpha value is -2.08. The molecule has 0 aliphatic carbocycles. The average Bonchev–Trinajstić information content (AvgIpc) is 2.63. The molecule has 0 saturated carbocycles. The van der Waals surface area contributed by atoms with Gasteiger partial charge in [0.1, 0.15) is 5.75 Å². The molecule has 0 aliphatic heterocycles. The van der Waals surface area contributed by atoms with Gasteiger partial charge in [-0.3, -0.25) is 15.0 Å². The lowest BCUT2D eigenvalue weighted by Gasteiger charge is -2.28. The summed E-state index contributed by atoms with van der Waals surface area (Å²) in [4.78, 5) is 23.5. The van der Waals surface area contributed by atoms with E-state index in [4.69, 9.17) is 5.84 Å². The fourth-order valence-electron chi connectivity index (χ4n) is 3.42. The second-order valence-electron chi connectivity index (χ2n) is 10.2. The fraction of sp³-hybridized carbons (Fsp3) is 0.667. The SMILES string of the molecule is CC(C)(C)c1cc(NC(=O)CCCCCCCCC(=O)NN)cc(C(C)(C)C)c1O. The molecule has 5 N–H and O–H groups in total. The number of aromatic hydroxyl groups is 1. The number of hydrogen-bond donors (Lipinski definition) is 4. The van der Waals surface area contributed by atoms with Gasteiger partial charge in [0.15, 0.2) is 0 Å². The third kappa shape index (κ3) is 8.74. The number of phenols is 1. The summed E-state index contributed by atoms with van der Waals surface area (Å²) in [5.74, 6) is 5.25. The molecule has 1 rings (SSSR count). The predicted octanol–water partition coefficient (Wildman–Crippen LogP) is 5.04. The lowest BCUT2D eigenvalue weighted by molar-refractivity contribution is -0.121. The van der Waals surface area contributed by atoms with Crippen LogP contribution in [0.3, 0.4) is 0 Å². The Labute approximate surface area is 182 Å². The first-order valence-electron chi connectivity index (χ1n) is 11.0. The standard InChI is InChI=1S/C24H41N3O3/c1-23(2,3)18-15-17(16-19(22(18)30)24(4,5)6)26-20(28)13-11-9-7-8-10-12-14-21(29)27-25/h15-16,30H,7-14,25H2,1-6H3,(H,26,28)(H,27,29). The van der Waals surface area contributed by atoms with Gasteiger partial charge >= 0.3 is 0 Å². The van der Waals surface area contributed by atoms with Gasteiger partial charge in [0.05, 0.1) is 0 Å². The maximum atomic E-state index is 12.4. The van der Waals surface area contributed by atoms with E-state index in [0.717, 1.165) is 55.3 Å². The maximum Gasteiger partial charge on any atom is 0.233 e. The van der Waals surface area contributed by atoms with E-state index in [9.17, 15) is 14.7 Å². The van der Waals surface area contributed by atoms with Gasteiger partial charge in [-0.2, -0.15) is 0 Å². The van der Waals surface area contributed by atoms with Crippen LogP contribution in [0.4, 0.5) is 5.69 Å². The molecule has 2 amide bonds. The average molecular weight is 420 g/mol. The maximum absolute atomic E-state index is 12.4. The van der Waals surface area contributed by atoms with Gasteiger partial charge in [0, 0.05) is 29.7 Å². The van der Waals surface area contributed by atoms with E-state index < -0.39 is 0 Å². The van der Waals surface area contributed by atoms with Crippen LogP contribution in [0.25, 0.3) is 0 Å². The largest absolute Gasteiger partial charge is 0.507 e. The fourth-order valence-corrected chi connectivity index (χ4v) is 3.42. The number of nitrogens with two attached hydrogens (primary N) is 1. The highest BCUT2D eigenvalue weighted by Gasteiger charge is 2.26. The van der Waals surface area contributed by atoms with Crippen molar-refractivity contribution < 1.29 is 14.7 Å². The van der Waals surface area contributed by atoms with E-state index in [1.165, 1.54) is 0 Å². The summed E-state index contributed by atoms with van der Waals surface area (Å²) in [7, 11) is 0. The highest BCUT2D eigenvalue weighted by atomic mass is 16.3. The zero-order valence-corrected chi connectivity index (χ0v) is 19.7. The number of anilines is 1. The minimum Gasteiger partial charge on any atom is -0.507 e. The molecule has 0 spiro atoms. The Kier molecular flexibility index (Phi) is 9.82. The van der Waals surface area contributed by atoms with E-state index in [-0.39, 0.29) is 22.6 Å². The summed E-state index contributed by atoms with van der Waals surface area (Å²) in [6, 6.07) is 3.78. The van der Waals surface area contributed by atoms with E-state index in [1.807, 2.05) is 12.1 Å². The van der Waals surface area contributed by atoms with Crippen molar-refractivity contribution in [2.75, 3.05) is 5.32 Å². The first-order chi connectivity index (χ1) is 13.9. The molecule has 30 heavy (non-hydrogen) atoms. The summed E-state index contributed by atoms with van der Waals surface area (Å²) in [5, 5.41) is 13.8. The number of phenolic OH excluding ortho intramolecular Hbond substituents is 1. The number of unbranched alkanes of at least 4 members (excludes halogenated alkanes) is 5. The molecule has 0 saturated heterocycles.